The third-order valence-corrected chi connectivity index (χ3v) is 3.59. The van der Waals surface area contributed by atoms with E-state index in [1.807, 2.05) is 11.3 Å². The Morgan fingerprint density at radius 2 is 2.09 bits per heavy atom. The summed E-state index contributed by atoms with van der Waals surface area (Å²) in [6.45, 7) is 2.17. The van der Waals surface area contributed by atoms with Crippen LogP contribution in [0.5, 0.6) is 0 Å². The molecule has 0 aliphatic rings. The average molecular weight is 180 g/mol. The summed E-state index contributed by atoms with van der Waals surface area (Å²) in [5, 5.41) is 4.81. The van der Waals surface area contributed by atoms with Gasteiger partial charge in [0.15, 0.2) is 0 Å². The Morgan fingerprint density at radius 1 is 1.27 bits per heavy atom. The van der Waals surface area contributed by atoms with E-state index in [9.17, 15) is 0 Å². The van der Waals surface area contributed by atoms with Gasteiger partial charge in [0.25, 0.3) is 0 Å². The van der Waals surface area contributed by atoms with Crippen LogP contribution >= 0.6 is 20.6 Å². The number of hydrogen-bond acceptors (Lipinski definition) is 1. The van der Waals surface area contributed by atoms with Crippen LogP contribution in [-0.2, 0) is 0 Å². The van der Waals surface area contributed by atoms with Gasteiger partial charge in [-0.2, -0.15) is 0 Å². The van der Waals surface area contributed by atoms with Gasteiger partial charge in [0.05, 0.1) is 0 Å². The van der Waals surface area contributed by atoms with Crippen molar-refractivity contribution in [2.24, 2.45) is 0 Å². The summed E-state index contributed by atoms with van der Waals surface area (Å²) in [4.78, 5) is 0. The smallest absolute Gasteiger partial charge is 0.0378 e. The maximum Gasteiger partial charge on any atom is 0.0378 e. The van der Waals surface area contributed by atoms with E-state index in [0.29, 0.717) is 0 Å². The molecule has 2 rings (SSSR count). The van der Waals surface area contributed by atoms with E-state index in [1.165, 1.54) is 21.0 Å². The van der Waals surface area contributed by atoms with Crippen LogP contribution in [0.4, 0.5) is 0 Å². The van der Waals surface area contributed by atoms with E-state index < -0.39 is 0 Å². The molecule has 2 aromatic rings. The number of rotatable bonds is 0. The van der Waals surface area contributed by atoms with Gasteiger partial charge in [0, 0.05) is 4.70 Å². The molecule has 0 saturated heterocycles. The predicted octanol–water partition coefficient (Wildman–Crippen LogP) is 2.71. The molecule has 0 bridgehead atoms. The molecule has 0 saturated carbocycles. The van der Waals surface area contributed by atoms with Crippen LogP contribution in [-0.4, -0.2) is 0 Å². The maximum atomic E-state index is 2.76. The third-order valence-electron chi connectivity index (χ3n) is 1.91. The Bertz CT molecular complexity index is 389. The van der Waals surface area contributed by atoms with Crippen molar-refractivity contribution in [1.82, 2.24) is 0 Å². The van der Waals surface area contributed by atoms with Crippen molar-refractivity contribution in [3.05, 3.63) is 29.1 Å². The minimum absolute atomic E-state index is 1.31. The third kappa shape index (κ3) is 1.09. The van der Waals surface area contributed by atoms with Crippen molar-refractivity contribution in [3.63, 3.8) is 0 Å². The summed E-state index contributed by atoms with van der Waals surface area (Å²) < 4.78 is 1.41. The Kier molecular flexibility index (Phi) is 1.71. The van der Waals surface area contributed by atoms with Crippen molar-refractivity contribution >= 4 is 36.0 Å². The minimum atomic E-state index is 1.31. The summed E-state index contributed by atoms with van der Waals surface area (Å²) >= 11 is 1.81. The van der Waals surface area contributed by atoms with Gasteiger partial charge in [-0.25, -0.2) is 0 Å². The SMILES string of the molecule is Cc1c(P)ccc2ccsc12. The molecular weight excluding hydrogens is 171 g/mol. The second-order valence-electron chi connectivity index (χ2n) is 2.62. The summed E-state index contributed by atoms with van der Waals surface area (Å²) in [6, 6.07) is 6.48. The first-order valence-corrected chi connectivity index (χ1v) is 4.97. The van der Waals surface area contributed by atoms with Gasteiger partial charge >= 0.3 is 0 Å². The lowest BCUT2D eigenvalue weighted by Crippen LogP contribution is -1.94. The lowest BCUT2D eigenvalue weighted by atomic mass is 10.2. The normalized spacial score (nSPS) is 10.7. The highest BCUT2D eigenvalue weighted by atomic mass is 32.1. The van der Waals surface area contributed by atoms with Crippen molar-refractivity contribution in [1.29, 1.82) is 0 Å². The van der Waals surface area contributed by atoms with E-state index in [2.05, 4.69) is 39.7 Å². The Balaban J connectivity index is 2.93. The second-order valence-corrected chi connectivity index (χ2v) is 4.16. The topological polar surface area (TPSA) is 0 Å². The van der Waals surface area contributed by atoms with Crippen LogP contribution in [0.3, 0.4) is 0 Å². The molecular formula is C9H9PS. The molecule has 0 N–H and O–H groups in total. The number of thiophene rings is 1. The van der Waals surface area contributed by atoms with Crippen LogP contribution < -0.4 is 5.30 Å². The largest absolute Gasteiger partial charge is 0.144 e. The average Bonchev–Trinajstić information content (AvgIpc) is 2.45. The molecule has 0 fully saturated rings. The van der Waals surface area contributed by atoms with Gasteiger partial charge in [-0.1, -0.05) is 12.1 Å². The molecule has 1 atom stereocenters. The fourth-order valence-corrected chi connectivity index (χ4v) is 2.45. The molecule has 0 nitrogen and oxygen atoms in total. The summed E-state index contributed by atoms with van der Waals surface area (Å²) in [5.74, 6) is 0. The first-order valence-electron chi connectivity index (χ1n) is 3.51. The molecule has 0 aliphatic heterocycles. The maximum absolute atomic E-state index is 2.76. The van der Waals surface area contributed by atoms with Crippen LogP contribution in [0, 0.1) is 6.92 Å². The molecule has 0 radical (unpaired) electrons. The highest BCUT2D eigenvalue weighted by molar-refractivity contribution is 7.28. The van der Waals surface area contributed by atoms with Crippen molar-refractivity contribution in [3.8, 4) is 0 Å². The molecule has 1 aromatic carbocycles. The molecule has 1 aromatic heterocycles. The van der Waals surface area contributed by atoms with E-state index in [1.54, 1.807) is 0 Å². The molecule has 1 heterocycles. The van der Waals surface area contributed by atoms with Gasteiger partial charge in [-0.3, -0.25) is 0 Å². The van der Waals surface area contributed by atoms with Crippen molar-refractivity contribution < 1.29 is 0 Å². The van der Waals surface area contributed by atoms with Crippen LogP contribution in [0.1, 0.15) is 5.56 Å². The fraction of sp³-hybridized carbons (Fsp3) is 0.111. The zero-order valence-corrected chi connectivity index (χ0v) is 8.27. The molecule has 56 valence electrons. The Morgan fingerprint density at radius 3 is 2.91 bits per heavy atom. The molecule has 0 aliphatic carbocycles. The molecule has 2 heteroatoms. The number of benzene rings is 1. The van der Waals surface area contributed by atoms with Crippen molar-refractivity contribution in [2.75, 3.05) is 0 Å². The van der Waals surface area contributed by atoms with E-state index >= 15 is 0 Å². The number of aryl methyl sites for hydroxylation is 1. The first-order chi connectivity index (χ1) is 5.29. The first kappa shape index (κ1) is 7.27. The Labute approximate surface area is 72.4 Å². The van der Waals surface area contributed by atoms with Crippen LogP contribution in [0.25, 0.3) is 10.1 Å². The van der Waals surface area contributed by atoms with Gasteiger partial charge in [-0.15, -0.1) is 20.6 Å². The van der Waals surface area contributed by atoms with Gasteiger partial charge < -0.3 is 0 Å². The van der Waals surface area contributed by atoms with E-state index in [0.717, 1.165) is 0 Å². The summed E-state index contributed by atoms with van der Waals surface area (Å²) in [6.07, 6.45) is 0. The Hall–Kier alpha value is -0.390. The summed E-state index contributed by atoms with van der Waals surface area (Å²) in [7, 11) is 2.76. The highest BCUT2D eigenvalue weighted by Crippen LogP contribution is 2.23. The van der Waals surface area contributed by atoms with Gasteiger partial charge in [0.1, 0.15) is 0 Å². The van der Waals surface area contributed by atoms with Gasteiger partial charge in [0.2, 0.25) is 0 Å². The monoisotopic (exact) mass is 180 g/mol. The van der Waals surface area contributed by atoms with Crippen molar-refractivity contribution in [2.45, 2.75) is 6.92 Å². The number of hydrogen-bond donors (Lipinski definition) is 0. The molecule has 0 spiro atoms. The zero-order chi connectivity index (χ0) is 7.84. The standard InChI is InChI=1S/C9H9PS/c1-6-8(10)3-2-7-4-5-11-9(6)7/h2-5H,10H2,1H3. The number of fused-ring (bicyclic) bond motifs is 1. The van der Waals surface area contributed by atoms with Crippen LogP contribution in [0.15, 0.2) is 23.6 Å². The predicted molar refractivity (Wildman–Crippen MR) is 55.9 cm³/mol. The van der Waals surface area contributed by atoms with E-state index in [-0.39, 0.29) is 0 Å². The zero-order valence-electron chi connectivity index (χ0n) is 6.29. The quantitative estimate of drug-likeness (QED) is 0.547. The lowest BCUT2D eigenvalue weighted by molar-refractivity contribution is 1.61. The van der Waals surface area contributed by atoms with E-state index in [4.69, 9.17) is 0 Å². The highest BCUT2D eigenvalue weighted by Gasteiger charge is 1.99. The lowest BCUT2D eigenvalue weighted by Gasteiger charge is -1.98. The van der Waals surface area contributed by atoms with Gasteiger partial charge in [-0.05, 0) is 34.6 Å². The minimum Gasteiger partial charge on any atom is -0.144 e. The van der Waals surface area contributed by atoms with Crippen LogP contribution in [0.2, 0.25) is 0 Å². The second kappa shape index (κ2) is 2.58. The fourth-order valence-electron chi connectivity index (χ4n) is 1.19. The summed E-state index contributed by atoms with van der Waals surface area (Å²) in [5.41, 5.74) is 1.39. The molecule has 11 heavy (non-hydrogen) atoms. The molecule has 0 amide bonds. The molecule has 1 unspecified atom stereocenters.